The van der Waals surface area contributed by atoms with Crippen molar-refractivity contribution in [1.82, 2.24) is 9.97 Å². The minimum atomic E-state index is -3.71. The van der Waals surface area contributed by atoms with Gasteiger partial charge in [-0.3, -0.25) is 0 Å². The van der Waals surface area contributed by atoms with Gasteiger partial charge in [-0.2, -0.15) is 0 Å². The van der Waals surface area contributed by atoms with Gasteiger partial charge in [-0.05, 0) is 0 Å². The molecule has 2 aromatic carbocycles. The number of fused-ring (bicyclic) bond motifs is 2. The second kappa shape index (κ2) is 12.1. The van der Waals surface area contributed by atoms with Crippen LogP contribution in [0.5, 0.6) is 0 Å². The van der Waals surface area contributed by atoms with E-state index in [-0.39, 0.29) is 24.8 Å². The molecule has 0 spiro atoms. The predicted octanol–water partition coefficient (Wildman–Crippen LogP) is 9.88. The molecular weight excluding hydrogens is 651 g/mol. The molecule has 0 amide bonds. The van der Waals surface area contributed by atoms with Crippen molar-refractivity contribution in [2.75, 3.05) is 0 Å². The summed E-state index contributed by atoms with van der Waals surface area (Å²) in [6.45, 7) is 12.0. The van der Waals surface area contributed by atoms with Crippen LogP contribution in [0.25, 0.3) is 34.7 Å². The van der Waals surface area contributed by atoms with Gasteiger partial charge in [0.15, 0.2) is 0 Å². The van der Waals surface area contributed by atoms with Crippen LogP contribution in [0.3, 0.4) is 0 Å². The number of hydrogen-bond donors (Lipinski definition) is 0. The number of nitrogens with zero attached hydrogens (tertiary/aromatic N) is 2. The molecule has 2 aliphatic carbocycles. The third kappa shape index (κ3) is 5.38. The largest absolute Gasteiger partial charge is 0.147 e. The van der Waals surface area contributed by atoms with Crippen LogP contribution in [0.1, 0.15) is 57.2 Å². The van der Waals surface area contributed by atoms with Gasteiger partial charge >= 0.3 is 244 Å². The van der Waals surface area contributed by atoms with E-state index in [9.17, 15) is 0 Å². The molecule has 0 saturated carbocycles. The molecule has 42 heavy (non-hydrogen) atoms. The van der Waals surface area contributed by atoms with Crippen molar-refractivity contribution in [3.8, 4) is 22.5 Å². The molecule has 2 heterocycles. The van der Waals surface area contributed by atoms with E-state index in [4.69, 9.17) is 9.97 Å². The fourth-order valence-corrected chi connectivity index (χ4v) is 27.5. The van der Waals surface area contributed by atoms with Gasteiger partial charge in [0.1, 0.15) is 0 Å². The molecule has 0 radical (unpaired) electrons. The molecule has 0 bridgehead atoms. The molecular formula is C36H42Cl2N2SiZr. The molecule has 2 unspecified atom stereocenters. The summed E-state index contributed by atoms with van der Waals surface area (Å²) in [5.41, 5.74) is 13.7. The van der Waals surface area contributed by atoms with Gasteiger partial charge in [-0.25, -0.2) is 0 Å². The van der Waals surface area contributed by atoms with E-state index in [0.717, 1.165) is 11.4 Å². The second-order valence-corrected chi connectivity index (χ2v) is 43.9. The zero-order valence-electron chi connectivity index (χ0n) is 25.5. The van der Waals surface area contributed by atoms with E-state index in [1.54, 1.807) is 11.1 Å². The first kappa shape index (κ1) is 32.8. The van der Waals surface area contributed by atoms with Crippen molar-refractivity contribution in [3.63, 3.8) is 0 Å². The maximum Gasteiger partial charge on any atom is -0.147 e. The number of benzene rings is 2. The Labute approximate surface area is 266 Å². The van der Waals surface area contributed by atoms with Crippen LogP contribution in [0.4, 0.5) is 0 Å². The molecule has 6 heteroatoms. The number of rotatable bonds is 6. The van der Waals surface area contributed by atoms with E-state index in [1.165, 1.54) is 33.4 Å². The standard InChI is InChI=1S/2C17H16N.2CH3.2ClH.H2Si.Zr/c2*1-12(2)14-10-13-6-5-7-15(16(13)11-14)17-8-3-4-9-18-17;;;;;;/h2*3-12H,1-2H3;2*1H3;2*1H;1H2;. The summed E-state index contributed by atoms with van der Waals surface area (Å²) in [5.74, 6) is 0.970. The van der Waals surface area contributed by atoms with Gasteiger partial charge in [0.2, 0.25) is 0 Å². The summed E-state index contributed by atoms with van der Waals surface area (Å²) in [5, 5.41) is 0. The Balaban J connectivity index is 0.00000202. The topological polar surface area (TPSA) is 25.8 Å². The van der Waals surface area contributed by atoms with Crippen LogP contribution in [0.2, 0.25) is 9.26 Å². The number of halogens is 2. The SMILES string of the molecule is CC(C)C1=Cc2c(-c3ccccn3)cccc2[CH]1[Zr]([CH3])([CH3])(=[SiH2])[CH]1C(C(C)C)=Cc2c(-c3ccccn3)cccc21.Cl.Cl. The summed E-state index contributed by atoms with van der Waals surface area (Å²) in [6, 6.07) is 26.4. The van der Waals surface area contributed by atoms with E-state index in [0.29, 0.717) is 19.1 Å². The van der Waals surface area contributed by atoms with Crippen LogP contribution in [-0.2, 0) is 17.4 Å². The van der Waals surface area contributed by atoms with Gasteiger partial charge in [0, 0.05) is 0 Å². The fraction of sp³-hybridized carbons (Fsp3) is 0.278. The van der Waals surface area contributed by atoms with Gasteiger partial charge in [-0.1, -0.05) is 0 Å². The molecule has 6 rings (SSSR count). The Hall–Kier alpha value is -2.10. The summed E-state index contributed by atoms with van der Waals surface area (Å²) in [7, 11) is 0. The van der Waals surface area contributed by atoms with Gasteiger partial charge in [0.05, 0.1) is 0 Å². The van der Waals surface area contributed by atoms with Crippen molar-refractivity contribution in [3.05, 3.63) is 119 Å². The average molecular weight is 693 g/mol. The Morgan fingerprint density at radius 3 is 1.33 bits per heavy atom. The normalized spacial score (nSPS) is 17.6. The first-order valence-electron chi connectivity index (χ1n) is 14.7. The van der Waals surface area contributed by atoms with Crippen molar-refractivity contribution < 1.29 is 17.4 Å². The summed E-state index contributed by atoms with van der Waals surface area (Å²) < 4.78 is 6.45. The third-order valence-electron chi connectivity index (χ3n) is 9.30. The van der Waals surface area contributed by atoms with Crippen molar-refractivity contribution >= 4 is 43.8 Å². The van der Waals surface area contributed by atoms with E-state index >= 15 is 0 Å². The van der Waals surface area contributed by atoms with Crippen LogP contribution >= 0.6 is 24.8 Å². The minimum absolute atomic E-state index is 0. The molecule has 0 N–H and O–H groups in total. The van der Waals surface area contributed by atoms with E-state index < -0.39 is 17.4 Å². The van der Waals surface area contributed by atoms with Crippen LogP contribution in [-0.4, -0.2) is 16.8 Å². The summed E-state index contributed by atoms with van der Waals surface area (Å²) in [4.78, 5) is 9.51. The number of allylic oxidation sites excluding steroid dienone is 2. The Morgan fingerprint density at radius 2 is 1.00 bits per heavy atom. The van der Waals surface area contributed by atoms with Gasteiger partial charge in [0.25, 0.3) is 0 Å². The molecule has 4 aromatic rings. The Bertz CT molecular complexity index is 1610. The summed E-state index contributed by atoms with van der Waals surface area (Å²) >= 11 is -3.71. The quantitative estimate of drug-likeness (QED) is 0.188. The summed E-state index contributed by atoms with van der Waals surface area (Å²) in [6.07, 6.45) is 8.91. The zero-order valence-corrected chi connectivity index (χ0v) is 31.0. The number of aromatic nitrogens is 2. The van der Waals surface area contributed by atoms with E-state index in [2.05, 4.69) is 117 Å². The predicted molar refractivity (Wildman–Crippen MR) is 185 cm³/mol. The second-order valence-electron chi connectivity index (χ2n) is 13.4. The molecule has 218 valence electrons. The number of hydrogen-bond acceptors (Lipinski definition) is 2. The average Bonchev–Trinajstić information content (AvgIpc) is 3.55. The first-order valence-corrected chi connectivity index (χ1v) is 28.3. The van der Waals surface area contributed by atoms with Gasteiger partial charge in [-0.15, -0.1) is 24.8 Å². The maximum absolute atomic E-state index is 4.76. The van der Waals surface area contributed by atoms with Crippen LogP contribution < -0.4 is 0 Å². The number of pyridine rings is 2. The molecule has 2 atom stereocenters. The van der Waals surface area contributed by atoms with Crippen LogP contribution in [0, 0.1) is 11.8 Å². The van der Waals surface area contributed by atoms with E-state index in [1.807, 2.05) is 24.5 Å². The fourth-order valence-electron chi connectivity index (χ4n) is 7.62. The first-order chi connectivity index (χ1) is 19.1. The molecule has 2 aromatic heterocycles. The Kier molecular flexibility index (Phi) is 9.47. The van der Waals surface area contributed by atoms with Crippen LogP contribution in [0.15, 0.2) is 96.3 Å². The molecule has 0 aliphatic heterocycles. The molecule has 0 saturated heterocycles. The smallest absolute Gasteiger partial charge is 0.147 e. The van der Waals surface area contributed by atoms with Gasteiger partial charge < -0.3 is 0 Å². The van der Waals surface area contributed by atoms with Crippen molar-refractivity contribution in [1.29, 1.82) is 0 Å². The zero-order chi connectivity index (χ0) is 28.3. The maximum atomic E-state index is 4.76. The molecule has 2 aliphatic rings. The van der Waals surface area contributed by atoms with Crippen molar-refractivity contribution in [2.45, 2.75) is 44.2 Å². The Morgan fingerprint density at radius 1 is 0.595 bits per heavy atom. The third-order valence-corrected chi connectivity index (χ3v) is 26.6. The monoisotopic (exact) mass is 690 g/mol. The molecule has 0 fully saturated rings. The minimum Gasteiger partial charge on any atom is -0.147 e. The van der Waals surface area contributed by atoms with Crippen molar-refractivity contribution in [2.24, 2.45) is 11.8 Å². The molecule has 2 nitrogen and oxygen atoms in total.